The number of aromatic nitrogens is 4. The number of amides is 3. The van der Waals surface area contributed by atoms with E-state index in [4.69, 9.17) is 18.0 Å². The van der Waals surface area contributed by atoms with Gasteiger partial charge < -0.3 is 28.1 Å². The Labute approximate surface area is 652 Å². The zero-order chi connectivity index (χ0) is 76.2. The summed E-state index contributed by atoms with van der Waals surface area (Å²) in [5.74, 6) is -3.95. The number of pyridine rings is 4. The average molecular weight is 1610 g/mol. The minimum Gasteiger partial charge on any atom is -1.00 e. The number of anilines is 1. The van der Waals surface area contributed by atoms with Gasteiger partial charge in [-0.15, -0.1) is 3.71 Å². The zero-order valence-electron chi connectivity index (χ0n) is 57.1. The van der Waals surface area contributed by atoms with E-state index in [0.29, 0.717) is 66.0 Å². The Morgan fingerprint density at radius 3 is 1.37 bits per heavy atom. The van der Waals surface area contributed by atoms with Gasteiger partial charge >= 0.3 is 98.1 Å². The van der Waals surface area contributed by atoms with Crippen molar-refractivity contribution in [3.8, 4) is 0 Å². The van der Waals surface area contributed by atoms with Gasteiger partial charge in [-0.3, -0.25) is 34.1 Å². The Morgan fingerprint density at radius 1 is 0.590 bits per heavy atom. The van der Waals surface area contributed by atoms with Crippen molar-refractivity contribution in [1.29, 1.82) is 0 Å². The SMILES string of the molecule is C.O=C(NC1(c2ccc3c(n2)CCC=C3OS(=O)(=O)C(F)(F)F)CC1)c1ccc(F)cc1.O=C(NC1(c2ccc3c(n2)CCCC3=O)CC1)c1ccc(F)cc1.O=C(NC1(c2ccc3c(n2)CCCC3O)CC1)c1ccc(F)cc1.O=S(=O)(N(c1ccc(Cl)cn1)S(=O)(=O)C(F)(F)F)C(F)(F)F.[2H-].[2H]CS.[H-].[K+]. The molecule has 105 heavy (non-hydrogen) atoms. The van der Waals surface area contributed by atoms with Gasteiger partial charge in [0.15, 0.2) is 11.6 Å². The summed E-state index contributed by atoms with van der Waals surface area (Å²) < 4.78 is 228. The summed E-state index contributed by atoms with van der Waals surface area (Å²) in [4.78, 5) is 66.0. The maximum absolute atomic E-state index is 13.1. The number of Topliss-reactive ketones (excluding diaryl/α,β-unsaturated/α-hetero) is 1. The van der Waals surface area contributed by atoms with Crippen molar-refractivity contribution in [2.24, 2.45) is 0 Å². The number of thiol groups is 1. The van der Waals surface area contributed by atoms with Gasteiger partial charge in [-0.1, -0.05) is 25.1 Å². The summed E-state index contributed by atoms with van der Waals surface area (Å²) in [6.07, 6.45) is 11.5. The number of rotatable bonds is 14. The summed E-state index contributed by atoms with van der Waals surface area (Å²) in [7, 11) is -19.6. The number of halogens is 13. The minimum atomic E-state index is -6.93. The van der Waals surface area contributed by atoms with E-state index in [0.717, 1.165) is 86.1 Å². The van der Waals surface area contributed by atoms with Crippen molar-refractivity contribution in [1.82, 2.24) is 35.9 Å². The first-order chi connectivity index (χ1) is 48.7. The van der Waals surface area contributed by atoms with E-state index >= 15 is 0 Å². The molecule has 0 radical (unpaired) electrons. The number of sulfonamides is 2. The summed E-state index contributed by atoms with van der Waals surface area (Å²) in [6, 6.07) is 27.5. The van der Waals surface area contributed by atoms with E-state index in [2.05, 4.69) is 47.7 Å². The van der Waals surface area contributed by atoms with Gasteiger partial charge in [0.1, 0.15) is 23.2 Å². The van der Waals surface area contributed by atoms with E-state index in [-0.39, 0.29) is 126 Å². The molecule has 4 aromatic heterocycles. The Bertz CT molecular complexity index is 4750. The smallest absolute Gasteiger partial charge is 1.00 e. The van der Waals surface area contributed by atoms with Gasteiger partial charge in [-0.2, -0.15) is 77.4 Å². The quantitative estimate of drug-likeness (QED) is 0.0222. The maximum atomic E-state index is 13.1. The normalized spacial score (nSPS) is 17.1. The average Bonchev–Trinajstić information content (AvgIpc) is 1.67. The Hall–Kier alpha value is -7.07. The third kappa shape index (κ3) is 19.8. The topological polar surface area (TPSA) is 291 Å². The molecule has 0 bridgehead atoms. The molecule has 562 valence electrons. The Morgan fingerprint density at radius 2 is 0.981 bits per heavy atom. The van der Waals surface area contributed by atoms with Crippen LogP contribution in [0, 0.1) is 17.5 Å². The molecule has 1 atom stereocenters. The Balaban J connectivity index is 0.000000254. The monoisotopic (exact) mass is 1610 g/mol. The molecule has 3 saturated carbocycles. The molecule has 3 fully saturated rings. The standard InChI is InChI=1S/C20H16F4N2O4S.C19H19FN2O2.C19H17FN2O2.C7H3ClF6N2O4S2.CH4S.CH4.K.2H/c21-13-6-4-12(5-7-13)18(27)26-19(10-11-19)17-9-8-14-15(25-17)2-1-3-16(14)30-31(28,29)20(22,23)24;2*20-13-6-4-12(5-7-13)18(24)22-19(10-11-19)17-9-8-14-15(21-17)2-1-3-16(14)23;8-4-1-2-5(15-3-4)16(21(17,18)6(9,10)11)22(19,20)7(12,13)14;1-2;;;;/h3-9H,1-2,10-11H2,(H,26,27);4-9,16,23H,1-3,10-11H2,(H,22,24);4-9H,1-3,10-11H2,(H,22,24);1-3H;2H,1H3;1H4;;;/q;;;;;;+1;2*-1/i;;;;1D;;;1+1;. The number of alkyl halides is 9. The molecule has 0 spiro atoms. The number of allylic oxidation sites excluding steroid dienone is 1. The fourth-order valence-electron chi connectivity index (χ4n) is 11.0. The number of aliphatic hydroxyl groups excluding tert-OH is 1. The number of fused-ring (bicyclic) bond motifs is 3. The first-order valence-electron chi connectivity index (χ1n) is 31.5. The summed E-state index contributed by atoms with van der Waals surface area (Å²) in [6.45, 7) is 0. The van der Waals surface area contributed by atoms with Crippen LogP contribution in [0.25, 0.3) is 5.76 Å². The van der Waals surface area contributed by atoms with Gasteiger partial charge in [-0.25, -0.2) is 18.2 Å². The van der Waals surface area contributed by atoms with Crippen LogP contribution in [0.15, 0.2) is 134 Å². The first kappa shape index (κ1) is 83.6. The van der Waals surface area contributed by atoms with Gasteiger partial charge in [0, 0.05) is 53.1 Å². The second kappa shape index (κ2) is 33.6. The van der Waals surface area contributed by atoms with Crippen LogP contribution in [0.5, 0.6) is 0 Å². The number of benzene rings is 3. The fourth-order valence-corrected chi connectivity index (χ4v) is 14.2. The van der Waals surface area contributed by atoms with Crippen LogP contribution in [-0.4, -0.2) is 96.6 Å². The van der Waals surface area contributed by atoms with E-state index in [1.165, 1.54) is 91.0 Å². The molecule has 3 amide bonds. The number of hydrogen-bond acceptors (Lipinski definition) is 17. The summed E-state index contributed by atoms with van der Waals surface area (Å²) >= 11 is 8.76. The van der Waals surface area contributed by atoms with Crippen molar-refractivity contribution in [3.05, 3.63) is 224 Å². The number of carbonyl (C=O) groups excluding carboxylic acids is 4. The number of carbonyl (C=O) groups is 4. The number of aryl methyl sites for hydroxylation is 3. The summed E-state index contributed by atoms with van der Waals surface area (Å²) in [5, 5.41) is 18.7. The van der Waals surface area contributed by atoms with Crippen molar-refractivity contribution in [3.63, 3.8) is 0 Å². The predicted octanol–water partition coefficient (Wildman–Crippen LogP) is 10.6. The third-order valence-electron chi connectivity index (χ3n) is 16.8. The van der Waals surface area contributed by atoms with E-state index < -0.39 is 96.4 Å². The van der Waals surface area contributed by atoms with Gasteiger partial charge in [0.25, 0.3) is 17.7 Å². The molecule has 0 aliphatic heterocycles. The molecular formula is C67H65ClF12KN8O12S4-. The molecule has 4 heterocycles. The van der Waals surface area contributed by atoms with E-state index in [1.54, 1.807) is 0 Å². The van der Waals surface area contributed by atoms with Crippen molar-refractivity contribution in [2.45, 2.75) is 137 Å². The molecule has 0 saturated heterocycles. The maximum Gasteiger partial charge on any atom is 1.00 e. The van der Waals surface area contributed by atoms with Crippen LogP contribution < -0.4 is 71.0 Å². The van der Waals surface area contributed by atoms with Gasteiger partial charge in [0.2, 0.25) is 0 Å². The molecular weight excluding hydrogens is 1540 g/mol. The number of aliphatic hydroxyl groups is 1. The molecule has 20 nitrogen and oxygen atoms in total. The summed E-state index contributed by atoms with van der Waals surface area (Å²) in [5.41, 5.74) is -12.5. The van der Waals surface area contributed by atoms with Crippen LogP contribution in [0.3, 0.4) is 0 Å². The number of ketones is 1. The molecule has 6 aliphatic rings. The van der Waals surface area contributed by atoms with Crippen molar-refractivity contribution >= 4 is 89.5 Å². The number of nitrogens with one attached hydrogen (secondary N) is 3. The van der Waals surface area contributed by atoms with Gasteiger partial charge in [-0.05, 0) is 211 Å². The molecule has 3 aromatic carbocycles. The third-order valence-corrected chi connectivity index (χ3v) is 21.6. The minimum absolute atomic E-state index is 0. The van der Waals surface area contributed by atoms with Crippen molar-refractivity contribution < 1.29 is 162 Å². The van der Waals surface area contributed by atoms with Crippen LogP contribution in [-0.2, 0) is 70.2 Å². The largest absolute Gasteiger partial charge is 1.00 e. The van der Waals surface area contributed by atoms with E-state index in [9.17, 15) is 102 Å². The Kier molecular flexibility index (Phi) is 26.7. The molecule has 1 unspecified atom stereocenters. The second-order valence-corrected chi connectivity index (χ2v) is 29.7. The zero-order valence-corrected chi connectivity index (χ0v) is 61.4. The van der Waals surface area contributed by atoms with Crippen LogP contribution >= 0.6 is 24.2 Å². The predicted molar refractivity (Wildman–Crippen MR) is 360 cm³/mol. The van der Waals surface area contributed by atoms with Crippen LogP contribution in [0.4, 0.5) is 58.5 Å². The van der Waals surface area contributed by atoms with Crippen molar-refractivity contribution in [2.75, 3.05) is 9.94 Å². The molecule has 6 aliphatic carbocycles. The fraction of sp³-hybridized carbons (Fsp3) is 0.343. The van der Waals surface area contributed by atoms with E-state index in [1.807, 2.05) is 24.3 Å². The van der Waals surface area contributed by atoms with Gasteiger partial charge in [0.05, 0.1) is 56.2 Å². The molecule has 4 N–H and O–H groups in total. The number of nitrogens with zero attached hydrogens (tertiary/aromatic N) is 5. The second-order valence-electron chi connectivity index (χ2n) is 24.0. The first-order valence-corrected chi connectivity index (χ1v) is 36.1. The molecule has 7 aromatic rings. The van der Waals surface area contributed by atoms with Crippen LogP contribution in [0.1, 0.15) is 175 Å². The molecule has 13 rings (SSSR count). The molecule has 38 heteroatoms. The van der Waals surface area contributed by atoms with Crippen LogP contribution in [0.2, 0.25) is 5.02 Å². The number of hydrogen-bond donors (Lipinski definition) is 5.